The fourth-order valence-electron chi connectivity index (χ4n) is 1.41. The van der Waals surface area contributed by atoms with Gasteiger partial charge in [0.05, 0.1) is 17.2 Å². The molecule has 2 rings (SSSR count). The lowest BCUT2D eigenvalue weighted by atomic mass is 10.2. The zero-order chi connectivity index (χ0) is 10.7. The van der Waals surface area contributed by atoms with Gasteiger partial charge in [0.25, 0.3) is 0 Å². The van der Waals surface area contributed by atoms with Gasteiger partial charge in [-0.3, -0.25) is 0 Å². The second-order valence-electron chi connectivity index (χ2n) is 3.17. The maximum absolute atomic E-state index is 9.88. The van der Waals surface area contributed by atoms with Crippen molar-refractivity contribution in [1.29, 1.82) is 0 Å². The van der Waals surface area contributed by atoms with E-state index in [0.717, 1.165) is 17.2 Å². The molecule has 0 amide bonds. The molecule has 0 spiro atoms. The Labute approximate surface area is 91.6 Å². The number of aryl methyl sites for hydroxylation is 1. The van der Waals surface area contributed by atoms with Crippen LogP contribution in [0.4, 0.5) is 0 Å². The van der Waals surface area contributed by atoms with Gasteiger partial charge >= 0.3 is 0 Å². The Kier molecular flexibility index (Phi) is 3.08. The van der Waals surface area contributed by atoms with Crippen molar-refractivity contribution in [2.24, 2.45) is 0 Å². The van der Waals surface area contributed by atoms with E-state index in [4.69, 9.17) is 0 Å². The second-order valence-corrected chi connectivity index (χ2v) is 3.99. The first-order chi connectivity index (χ1) is 7.31. The number of hydrogen-bond acceptors (Lipinski definition) is 5. The highest BCUT2D eigenvalue weighted by atomic mass is 32.1. The Bertz CT molecular complexity index is 411. The minimum absolute atomic E-state index is 0.505. The minimum atomic E-state index is -0.558. The summed E-state index contributed by atoms with van der Waals surface area (Å²) < 4.78 is 5.73. The van der Waals surface area contributed by atoms with Crippen molar-refractivity contribution in [3.05, 3.63) is 29.3 Å². The molecule has 0 aromatic carbocycles. The molecule has 0 aliphatic rings. The smallest absolute Gasteiger partial charge is 0.111 e. The van der Waals surface area contributed by atoms with E-state index in [0.29, 0.717) is 6.42 Å². The third kappa shape index (κ3) is 2.21. The standard InChI is InChI=1S/C9H12N4OS/c1-2-13-4-3-10-9(13)5-7(14)8-6-11-12-15-8/h3-4,6-7,14H,2,5H2,1H3. The van der Waals surface area contributed by atoms with E-state index in [9.17, 15) is 5.11 Å². The summed E-state index contributed by atoms with van der Waals surface area (Å²) in [7, 11) is 0. The van der Waals surface area contributed by atoms with E-state index >= 15 is 0 Å². The molecule has 6 heteroatoms. The maximum atomic E-state index is 9.88. The topological polar surface area (TPSA) is 63.8 Å². The van der Waals surface area contributed by atoms with Gasteiger partial charge in [0.1, 0.15) is 5.82 Å². The largest absolute Gasteiger partial charge is 0.387 e. The summed E-state index contributed by atoms with van der Waals surface area (Å²) in [6, 6.07) is 0. The highest BCUT2D eigenvalue weighted by molar-refractivity contribution is 7.05. The molecule has 0 aliphatic carbocycles. The van der Waals surface area contributed by atoms with Gasteiger partial charge < -0.3 is 9.67 Å². The first-order valence-electron chi connectivity index (χ1n) is 4.76. The minimum Gasteiger partial charge on any atom is -0.387 e. The van der Waals surface area contributed by atoms with Crippen LogP contribution in [0.2, 0.25) is 0 Å². The van der Waals surface area contributed by atoms with Crippen molar-refractivity contribution in [3.63, 3.8) is 0 Å². The zero-order valence-electron chi connectivity index (χ0n) is 8.37. The van der Waals surface area contributed by atoms with Crippen molar-refractivity contribution in [1.82, 2.24) is 19.1 Å². The molecule has 1 N–H and O–H groups in total. The molecule has 1 unspecified atom stereocenters. The summed E-state index contributed by atoms with van der Waals surface area (Å²) in [6.07, 6.45) is 5.20. The first-order valence-corrected chi connectivity index (χ1v) is 5.54. The van der Waals surface area contributed by atoms with Gasteiger partial charge in [0, 0.05) is 25.4 Å². The molecule has 0 aliphatic heterocycles. The third-order valence-corrected chi connectivity index (χ3v) is 2.99. The van der Waals surface area contributed by atoms with Gasteiger partial charge in [-0.2, -0.15) is 0 Å². The van der Waals surface area contributed by atoms with Crippen molar-refractivity contribution in [2.75, 3.05) is 0 Å². The van der Waals surface area contributed by atoms with Gasteiger partial charge in [0.2, 0.25) is 0 Å². The molecule has 5 nitrogen and oxygen atoms in total. The van der Waals surface area contributed by atoms with E-state index in [2.05, 4.69) is 14.6 Å². The van der Waals surface area contributed by atoms with Crippen LogP contribution in [0.15, 0.2) is 18.6 Å². The molecule has 2 aromatic heterocycles. The fraction of sp³-hybridized carbons (Fsp3) is 0.444. The van der Waals surface area contributed by atoms with Crippen molar-refractivity contribution in [2.45, 2.75) is 26.0 Å². The van der Waals surface area contributed by atoms with Gasteiger partial charge in [-0.05, 0) is 18.5 Å². The number of aromatic nitrogens is 4. The summed E-state index contributed by atoms with van der Waals surface area (Å²) in [5.74, 6) is 0.887. The summed E-state index contributed by atoms with van der Waals surface area (Å²) in [5, 5.41) is 13.6. The molecular formula is C9H12N4OS. The molecule has 0 bridgehead atoms. The quantitative estimate of drug-likeness (QED) is 0.842. The highest BCUT2D eigenvalue weighted by Crippen LogP contribution is 2.19. The molecule has 0 saturated heterocycles. The predicted octanol–water partition coefficient (Wildman–Crippen LogP) is 1.03. The van der Waals surface area contributed by atoms with E-state index < -0.39 is 6.10 Å². The average Bonchev–Trinajstić information content (AvgIpc) is 2.87. The Morgan fingerprint density at radius 1 is 1.60 bits per heavy atom. The van der Waals surface area contributed by atoms with E-state index in [1.807, 2.05) is 17.7 Å². The van der Waals surface area contributed by atoms with Crippen LogP contribution < -0.4 is 0 Å². The van der Waals surface area contributed by atoms with E-state index in [1.54, 1.807) is 12.4 Å². The van der Waals surface area contributed by atoms with Crippen LogP contribution in [0, 0.1) is 0 Å². The molecule has 15 heavy (non-hydrogen) atoms. The van der Waals surface area contributed by atoms with Gasteiger partial charge in [-0.25, -0.2) is 4.98 Å². The maximum Gasteiger partial charge on any atom is 0.111 e. The molecular weight excluding hydrogens is 212 g/mol. The molecule has 2 heterocycles. The summed E-state index contributed by atoms with van der Waals surface area (Å²) in [6.45, 7) is 2.91. The normalized spacial score (nSPS) is 12.9. The Balaban J connectivity index is 2.09. The molecule has 1 atom stereocenters. The number of hydrogen-bond donors (Lipinski definition) is 1. The summed E-state index contributed by atoms with van der Waals surface area (Å²) in [4.78, 5) is 4.98. The van der Waals surface area contributed by atoms with Crippen LogP contribution in [0.3, 0.4) is 0 Å². The van der Waals surface area contributed by atoms with Crippen LogP contribution in [-0.4, -0.2) is 24.2 Å². The van der Waals surface area contributed by atoms with E-state index in [1.165, 1.54) is 11.5 Å². The summed E-state index contributed by atoms with van der Waals surface area (Å²) in [5.41, 5.74) is 0. The van der Waals surface area contributed by atoms with Gasteiger partial charge in [0.15, 0.2) is 0 Å². The number of aliphatic hydroxyl groups excluding tert-OH is 1. The highest BCUT2D eigenvalue weighted by Gasteiger charge is 2.13. The number of aliphatic hydroxyl groups is 1. The monoisotopic (exact) mass is 224 g/mol. The van der Waals surface area contributed by atoms with Crippen LogP contribution in [-0.2, 0) is 13.0 Å². The number of imidazole rings is 1. The zero-order valence-corrected chi connectivity index (χ0v) is 9.18. The average molecular weight is 224 g/mol. The third-order valence-electron chi connectivity index (χ3n) is 2.23. The van der Waals surface area contributed by atoms with Crippen LogP contribution >= 0.6 is 11.5 Å². The Hall–Kier alpha value is -1.27. The Morgan fingerprint density at radius 2 is 2.47 bits per heavy atom. The van der Waals surface area contributed by atoms with Crippen molar-refractivity contribution in [3.8, 4) is 0 Å². The van der Waals surface area contributed by atoms with Crippen LogP contribution in [0.25, 0.3) is 0 Å². The fourth-order valence-corrected chi connectivity index (χ4v) is 1.90. The number of rotatable bonds is 4. The predicted molar refractivity (Wildman–Crippen MR) is 56.5 cm³/mol. The molecule has 0 radical (unpaired) electrons. The van der Waals surface area contributed by atoms with Crippen LogP contribution in [0.1, 0.15) is 23.7 Å². The van der Waals surface area contributed by atoms with Gasteiger partial charge in [-0.15, -0.1) is 5.10 Å². The molecule has 0 saturated carbocycles. The van der Waals surface area contributed by atoms with Gasteiger partial charge in [-0.1, -0.05) is 4.49 Å². The van der Waals surface area contributed by atoms with E-state index in [-0.39, 0.29) is 0 Å². The van der Waals surface area contributed by atoms with Crippen molar-refractivity contribution < 1.29 is 5.11 Å². The first kappa shape index (κ1) is 10.3. The summed E-state index contributed by atoms with van der Waals surface area (Å²) >= 11 is 1.22. The lowest BCUT2D eigenvalue weighted by Crippen LogP contribution is -2.07. The van der Waals surface area contributed by atoms with Crippen molar-refractivity contribution >= 4 is 11.5 Å². The SMILES string of the molecule is CCn1ccnc1CC(O)c1cnns1. The molecule has 0 fully saturated rings. The lowest BCUT2D eigenvalue weighted by molar-refractivity contribution is 0.178. The number of nitrogens with zero attached hydrogens (tertiary/aromatic N) is 4. The molecule has 2 aromatic rings. The lowest BCUT2D eigenvalue weighted by Gasteiger charge is -2.08. The Morgan fingerprint density at radius 3 is 3.13 bits per heavy atom. The molecule has 80 valence electrons. The van der Waals surface area contributed by atoms with Crippen LogP contribution in [0.5, 0.6) is 0 Å². The second kappa shape index (κ2) is 4.50.